The molecule has 0 radical (unpaired) electrons. The zero-order valence-electron chi connectivity index (χ0n) is 12.2. The molecule has 7 heteroatoms. The number of likely N-dealkylation sites (tertiary alicyclic amines) is 1. The zero-order chi connectivity index (χ0) is 14.9. The lowest BCUT2D eigenvalue weighted by Gasteiger charge is -2.21. The fourth-order valence-corrected chi connectivity index (χ4v) is 2.84. The summed E-state index contributed by atoms with van der Waals surface area (Å²) in [4.78, 5) is 18.7. The minimum atomic E-state index is -0.0837. The molecule has 2 aromatic heterocycles. The predicted molar refractivity (Wildman–Crippen MR) is 76.6 cm³/mol. The fourth-order valence-electron chi connectivity index (χ4n) is 2.84. The highest BCUT2D eigenvalue weighted by atomic mass is 16.5. The number of carbonyl (C=O) groups excluding carboxylic acids is 1. The van der Waals surface area contributed by atoms with Crippen molar-refractivity contribution in [2.24, 2.45) is 0 Å². The average Bonchev–Trinajstić information content (AvgIpc) is 2.98. The van der Waals surface area contributed by atoms with Gasteiger partial charge in [-0.15, -0.1) is 0 Å². The Labute approximate surface area is 127 Å². The molecule has 1 aliphatic heterocycles. The Kier molecular flexibility index (Phi) is 3.42. The molecule has 3 heterocycles. The Bertz CT molecular complexity index is 648. The predicted octanol–water partition coefficient (Wildman–Crippen LogP) is 1.57. The molecule has 2 fully saturated rings. The molecule has 0 unspecified atom stereocenters. The molecule has 1 aliphatic carbocycles. The third-order valence-corrected chi connectivity index (χ3v) is 4.14. The van der Waals surface area contributed by atoms with Crippen molar-refractivity contribution in [1.29, 1.82) is 0 Å². The fraction of sp³-hybridized carbons (Fsp3) is 0.533. The number of hydrogen-bond donors (Lipinski definition) is 1. The van der Waals surface area contributed by atoms with Crippen LogP contribution in [0.25, 0.3) is 11.6 Å². The number of nitrogens with one attached hydrogen (secondary N) is 1. The lowest BCUT2D eigenvalue weighted by atomic mass is 10.2. The van der Waals surface area contributed by atoms with E-state index in [0.717, 1.165) is 32.2 Å². The first-order chi connectivity index (χ1) is 10.8. The van der Waals surface area contributed by atoms with Gasteiger partial charge in [0.25, 0.3) is 0 Å². The van der Waals surface area contributed by atoms with Gasteiger partial charge in [0.1, 0.15) is 0 Å². The Morgan fingerprint density at radius 1 is 1.41 bits per heavy atom. The summed E-state index contributed by atoms with van der Waals surface area (Å²) in [6.45, 7) is 1.37. The topological polar surface area (TPSA) is 84.4 Å². The summed E-state index contributed by atoms with van der Waals surface area (Å²) < 4.78 is 10.5. The second kappa shape index (κ2) is 5.57. The first kappa shape index (κ1) is 13.5. The van der Waals surface area contributed by atoms with Crippen LogP contribution in [0.2, 0.25) is 0 Å². The van der Waals surface area contributed by atoms with E-state index in [1.165, 1.54) is 0 Å². The first-order valence-corrected chi connectivity index (χ1v) is 7.70. The van der Waals surface area contributed by atoms with Crippen molar-refractivity contribution >= 4 is 5.91 Å². The van der Waals surface area contributed by atoms with Crippen LogP contribution in [0.1, 0.15) is 31.6 Å². The molecule has 1 amide bonds. The van der Waals surface area contributed by atoms with Crippen LogP contribution in [-0.2, 0) is 11.3 Å². The molecule has 7 nitrogen and oxygen atoms in total. The smallest absolute Gasteiger partial charge is 0.241 e. The van der Waals surface area contributed by atoms with Crippen molar-refractivity contribution in [1.82, 2.24) is 20.4 Å². The van der Waals surface area contributed by atoms with Crippen LogP contribution < -0.4 is 5.32 Å². The molecule has 1 N–H and O–H groups in total. The highest BCUT2D eigenvalue weighted by Crippen LogP contribution is 2.24. The second-order valence-electron chi connectivity index (χ2n) is 5.90. The van der Waals surface area contributed by atoms with Gasteiger partial charge in [-0.3, -0.25) is 9.69 Å². The summed E-state index contributed by atoms with van der Waals surface area (Å²) >= 11 is 0. The summed E-state index contributed by atoms with van der Waals surface area (Å²) in [6.07, 6.45) is 5.69. The molecular formula is C15H18N4O3. The third-order valence-electron chi connectivity index (χ3n) is 4.14. The van der Waals surface area contributed by atoms with Gasteiger partial charge in [0.2, 0.25) is 17.6 Å². The van der Waals surface area contributed by atoms with Gasteiger partial charge in [-0.1, -0.05) is 5.16 Å². The van der Waals surface area contributed by atoms with Crippen molar-refractivity contribution in [3.63, 3.8) is 0 Å². The van der Waals surface area contributed by atoms with Crippen LogP contribution in [0.4, 0.5) is 0 Å². The Morgan fingerprint density at radius 2 is 2.32 bits per heavy atom. The average molecular weight is 302 g/mol. The minimum absolute atomic E-state index is 0.0837. The first-order valence-electron chi connectivity index (χ1n) is 7.70. The van der Waals surface area contributed by atoms with Crippen molar-refractivity contribution in [3.8, 4) is 11.6 Å². The molecule has 0 aromatic carbocycles. The molecule has 4 rings (SSSR count). The van der Waals surface area contributed by atoms with Crippen molar-refractivity contribution in [3.05, 3.63) is 24.3 Å². The molecule has 0 bridgehead atoms. The highest BCUT2D eigenvalue weighted by Gasteiger charge is 2.34. The van der Waals surface area contributed by atoms with E-state index in [1.807, 2.05) is 0 Å². The molecule has 1 saturated heterocycles. The molecule has 1 saturated carbocycles. The number of amides is 1. The van der Waals surface area contributed by atoms with Gasteiger partial charge in [0.15, 0.2) is 5.76 Å². The van der Waals surface area contributed by atoms with Gasteiger partial charge in [0, 0.05) is 6.04 Å². The quantitative estimate of drug-likeness (QED) is 0.902. The molecule has 2 aromatic rings. The summed E-state index contributed by atoms with van der Waals surface area (Å²) in [5.74, 6) is 1.67. The number of hydrogen-bond acceptors (Lipinski definition) is 6. The summed E-state index contributed by atoms with van der Waals surface area (Å²) in [5, 5.41) is 7.00. The third kappa shape index (κ3) is 2.76. The molecule has 22 heavy (non-hydrogen) atoms. The van der Waals surface area contributed by atoms with E-state index in [1.54, 1.807) is 18.4 Å². The molecular weight excluding hydrogens is 284 g/mol. The summed E-state index contributed by atoms with van der Waals surface area (Å²) in [5.41, 5.74) is 0. The number of rotatable bonds is 5. The molecule has 1 atom stereocenters. The molecule has 2 aliphatic rings. The second-order valence-corrected chi connectivity index (χ2v) is 5.90. The molecule has 0 spiro atoms. The normalized spacial score (nSPS) is 22.1. The lowest BCUT2D eigenvalue weighted by Crippen LogP contribution is -2.43. The van der Waals surface area contributed by atoms with Crippen molar-refractivity contribution < 1.29 is 13.7 Å². The van der Waals surface area contributed by atoms with Gasteiger partial charge in [-0.25, -0.2) is 0 Å². The summed E-state index contributed by atoms with van der Waals surface area (Å²) in [6, 6.07) is 3.88. The number of nitrogens with zero attached hydrogens (tertiary/aromatic N) is 3. The van der Waals surface area contributed by atoms with Crippen LogP contribution in [-0.4, -0.2) is 39.6 Å². The SMILES string of the molecule is O=C(NC1CC1)[C@H]1CCCN1Cc1nc(-c2ccco2)no1. The van der Waals surface area contributed by atoms with Crippen LogP contribution in [0.15, 0.2) is 27.3 Å². The Hall–Kier alpha value is -2.15. The Morgan fingerprint density at radius 3 is 3.09 bits per heavy atom. The van der Waals surface area contributed by atoms with Gasteiger partial charge in [-0.05, 0) is 44.4 Å². The van der Waals surface area contributed by atoms with E-state index in [4.69, 9.17) is 8.94 Å². The van der Waals surface area contributed by atoms with E-state index in [-0.39, 0.29) is 11.9 Å². The van der Waals surface area contributed by atoms with E-state index >= 15 is 0 Å². The van der Waals surface area contributed by atoms with Crippen LogP contribution in [0, 0.1) is 0 Å². The number of furan rings is 1. The maximum absolute atomic E-state index is 12.3. The van der Waals surface area contributed by atoms with Gasteiger partial charge in [0.05, 0.1) is 18.8 Å². The highest BCUT2D eigenvalue weighted by molar-refractivity contribution is 5.82. The van der Waals surface area contributed by atoms with Crippen LogP contribution in [0.5, 0.6) is 0 Å². The van der Waals surface area contributed by atoms with E-state index in [2.05, 4.69) is 20.4 Å². The summed E-state index contributed by atoms with van der Waals surface area (Å²) in [7, 11) is 0. The molecule has 116 valence electrons. The minimum Gasteiger partial charge on any atom is -0.461 e. The van der Waals surface area contributed by atoms with Crippen molar-refractivity contribution in [2.75, 3.05) is 6.54 Å². The van der Waals surface area contributed by atoms with Crippen LogP contribution in [0.3, 0.4) is 0 Å². The van der Waals surface area contributed by atoms with Gasteiger partial charge < -0.3 is 14.3 Å². The number of carbonyl (C=O) groups is 1. The van der Waals surface area contributed by atoms with Gasteiger partial charge >= 0.3 is 0 Å². The lowest BCUT2D eigenvalue weighted by molar-refractivity contribution is -0.125. The number of aromatic nitrogens is 2. The standard InChI is InChI=1S/C15H18N4O3/c20-15(16-10-5-6-10)11-3-1-7-19(11)9-13-17-14(18-22-13)12-4-2-8-21-12/h2,4,8,10-11H,1,3,5-7,9H2,(H,16,20)/t11-/m1/s1. The van der Waals surface area contributed by atoms with Crippen LogP contribution >= 0.6 is 0 Å². The Balaban J connectivity index is 1.42. The van der Waals surface area contributed by atoms with E-state index in [9.17, 15) is 4.79 Å². The van der Waals surface area contributed by atoms with Crippen molar-refractivity contribution in [2.45, 2.75) is 44.3 Å². The largest absolute Gasteiger partial charge is 0.461 e. The maximum atomic E-state index is 12.3. The van der Waals surface area contributed by atoms with E-state index < -0.39 is 0 Å². The van der Waals surface area contributed by atoms with E-state index in [0.29, 0.717) is 30.1 Å². The zero-order valence-corrected chi connectivity index (χ0v) is 12.2. The van der Waals surface area contributed by atoms with Gasteiger partial charge in [-0.2, -0.15) is 4.98 Å². The maximum Gasteiger partial charge on any atom is 0.241 e. The monoisotopic (exact) mass is 302 g/mol.